The Balaban J connectivity index is 2.54. The first-order chi connectivity index (χ1) is 8.59. The second-order valence-corrected chi connectivity index (χ2v) is 6.34. The third-order valence-electron chi connectivity index (χ3n) is 2.35. The number of sulfonamides is 1. The Labute approximate surface area is 109 Å². The predicted molar refractivity (Wildman–Crippen MR) is 65.4 cm³/mol. The number of aromatic amines is 1. The fraction of sp³-hybridized carbons (Fsp3) is 0.700. The second-order valence-electron chi connectivity index (χ2n) is 4.50. The third-order valence-corrected chi connectivity index (χ3v) is 3.70. The Morgan fingerprint density at radius 1 is 1.42 bits per heavy atom. The molecule has 1 heterocycles. The largest absolute Gasteiger partial charge is 0.389 e. The molecule has 0 aromatic carbocycles. The summed E-state index contributed by atoms with van der Waals surface area (Å²) in [5, 5.41) is 6.39. The van der Waals surface area contributed by atoms with Gasteiger partial charge in [-0.1, -0.05) is 13.8 Å². The molecule has 1 aromatic heterocycles. The van der Waals surface area contributed by atoms with Crippen LogP contribution in [0.5, 0.6) is 0 Å². The topological polar surface area (TPSA) is 74.8 Å². The average molecular weight is 299 g/mol. The molecule has 0 atom stereocenters. The lowest BCUT2D eigenvalue weighted by Crippen LogP contribution is -2.19. The highest BCUT2D eigenvalue weighted by Crippen LogP contribution is 2.22. The van der Waals surface area contributed by atoms with Gasteiger partial charge in [-0.2, -0.15) is 18.3 Å². The van der Waals surface area contributed by atoms with Crippen molar-refractivity contribution in [2.75, 3.05) is 10.5 Å². The van der Waals surface area contributed by atoms with Crippen molar-refractivity contribution in [1.29, 1.82) is 0 Å². The van der Waals surface area contributed by atoms with E-state index in [-0.39, 0.29) is 11.7 Å². The number of nitrogens with one attached hydrogen (secondary N) is 2. The minimum absolute atomic E-state index is 0.0932. The zero-order valence-corrected chi connectivity index (χ0v) is 11.4. The van der Waals surface area contributed by atoms with Gasteiger partial charge in [-0.25, -0.2) is 8.42 Å². The van der Waals surface area contributed by atoms with E-state index in [1.807, 2.05) is 13.8 Å². The van der Waals surface area contributed by atoms with Gasteiger partial charge < -0.3 is 0 Å². The van der Waals surface area contributed by atoms with Crippen molar-refractivity contribution in [2.24, 2.45) is 0 Å². The zero-order valence-electron chi connectivity index (χ0n) is 10.6. The summed E-state index contributed by atoms with van der Waals surface area (Å²) >= 11 is 0. The molecule has 110 valence electrons. The number of hydrogen-bond acceptors (Lipinski definition) is 3. The van der Waals surface area contributed by atoms with Gasteiger partial charge in [0.05, 0.1) is 5.75 Å². The van der Waals surface area contributed by atoms with E-state index in [0.29, 0.717) is 0 Å². The highest BCUT2D eigenvalue weighted by Gasteiger charge is 2.27. The molecule has 0 saturated heterocycles. The minimum Gasteiger partial charge on any atom is -0.280 e. The highest BCUT2D eigenvalue weighted by molar-refractivity contribution is 7.92. The molecule has 0 unspecified atom stereocenters. The maximum Gasteiger partial charge on any atom is 0.389 e. The molecule has 0 bridgehead atoms. The van der Waals surface area contributed by atoms with Gasteiger partial charge in [0.2, 0.25) is 10.0 Å². The number of alkyl halides is 3. The summed E-state index contributed by atoms with van der Waals surface area (Å²) in [4.78, 5) is 0. The Morgan fingerprint density at radius 2 is 2.05 bits per heavy atom. The van der Waals surface area contributed by atoms with E-state index in [9.17, 15) is 21.6 Å². The summed E-state index contributed by atoms with van der Waals surface area (Å²) in [5.41, 5.74) is 0.744. The molecule has 0 radical (unpaired) electrons. The third kappa shape index (κ3) is 5.95. The summed E-state index contributed by atoms with van der Waals surface area (Å²) in [6, 6.07) is 1.52. The molecular weight excluding hydrogens is 283 g/mol. The van der Waals surface area contributed by atoms with E-state index >= 15 is 0 Å². The molecule has 2 N–H and O–H groups in total. The van der Waals surface area contributed by atoms with Crippen LogP contribution < -0.4 is 4.72 Å². The predicted octanol–water partition coefficient (Wildman–Crippen LogP) is 2.62. The van der Waals surface area contributed by atoms with E-state index in [4.69, 9.17) is 0 Å². The quantitative estimate of drug-likeness (QED) is 0.848. The average Bonchev–Trinajstić information content (AvgIpc) is 2.62. The smallest absolute Gasteiger partial charge is 0.280 e. The maximum absolute atomic E-state index is 11.9. The van der Waals surface area contributed by atoms with Crippen LogP contribution in [0.15, 0.2) is 6.07 Å². The lowest BCUT2D eigenvalue weighted by Gasteiger charge is -2.07. The lowest BCUT2D eigenvalue weighted by molar-refractivity contribution is -0.134. The van der Waals surface area contributed by atoms with Gasteiger partial charge in [-0.05, 0) is 12.3 Å². The standard InChI is InChI=1S/C10H16F3N3O2S/c1-7(2)8-6-9(15-14-8)16-19(17,18)5-3-4-10(11,12)13/h6-7H,3-5H2,1-2H3,(H2,14,15,16). The highest BCUT2D eigenvalue weighted by atomic mass is 32.2. The SMILES string of the molecule is CC(C)c1cc(NS(=O)(=O)CCCC(F)(F)F)n[nH]1. The van der Waals surface area contributed by atoms with Gasteiger partial charge in [0.1, 0.15) is 0 Å². The molecule has 0 aliphatic carbocycles. The van der Waals surface area contributed by atoms with Crippen LogP contribution in [0.2, 0.25) is 0 Å². The number of hydrogen-bond donors (Lipinski definition) is 2. The van der Waals surface area contributed by atoms with E-state index in [0.717, 1.165) is 5.69 Å². The van der Waals surface area contributed by atoms with Gasteiger partial charge in [0, 0.05) is 18.2 Å². The van der Waals surface area contributed by atoms with E-state index in [1.165, 1.54) is 6.07 Å². The molecule has 19 heavy (non-hydrogen) atoms. The van der Waals surface area contributed by atoms with Crippen LogP contribution in [0.25, 0.3) is 0 Å². The monoisotopic (exact) mass is 299 g/mol. The zero-order chi connectivity index (χ0) is 14.7. The first-order valence-corrected chi connectivity index (χ1v) is 7.37. The molecule has 0 aliphatic rings. The summed E-state index contributed by atoms with van der Waals surface area (Å²) in [6.45, 7) is 3.80. The lowest BCUT2D eigenvalue weighted by atomic mass is 10.1. The number of aromatic nitrogens is 2. The molecule has 5 nitrogen and oxygen atoms in total. The van der Waals surface area contributed by atoms with Crippen LogP contribution in [0, 0.1) is 0 Å². The summed E-state index contributed by atoms with van der Waals surface area (Å²) < 4.78 is 61.0. The van der Waals surface area contributed by atoms with E-state index in [1.54, 1.807) is 0 Å². The van der Waals surface area contributed by atoms with Crippen LogP contribution in [0.4, 0.5) is 19.0 Å². The van der Waals surface area contributed by atoms with Crippen LogP contribution in [0.1, 0.15) is 38.3 Å². The van der Waals surface area contributed by atoms with Crippen molar-refractivity contribution in [3.05, 3.63) is 11.8 Å². The van der Waals surface area contributed by atoms with Crippen molar-refractivity contribution < 1.29 is 21.6 Å². The van der Waals surface area contributed by atoms with Crippen LogP contribution >= 0.6 is 0 Å². The fourth-order valence-electron chi connectivity index (χ4n) is 1.36. The van der Waals surface area contributed by atoms with Crippen molar-refractivity contribution in [1.82, 2.24) is 10.2 Å². The number of H-pyrrole nitrogens is 1. The van der Waals surface area contributed by atoms with E-state index < -0.39 is 34.8 Å². The van der Waals surface area contributed by atoms with Crippen molar-refractivity contribution in [2.45, 2.75) is 38.8 Å². The van der Waals surface area contributed by atoms with Crippen LogP contribution in [-0.4, -0.2) is 30.5 Å². The van der Waals surface area contributed by atoms with Gasteiger partial charge in [0.15, 0.2) is 5.82 Å². The molecular formula is C10H16F3N3O2S. The number of anilines is 1. The first-order valence-electron chi connectivity index (χ1n) is 5.71. The summed E-state index contributed by atoms with van der Waals surface area (Å²) in [5.74, 6) is -0.345. The van der Waals surface area contributed by atoms with Crippen molar-refractivity contribution in [3.8, 4) is 0 Å². The molecule has 0 amide bonds. The number of rotatable bonds is 6. The van der Waals surface area contributed by atoms with Crippen molar-refractivity contribution >= 4 is 15.8 Å². The first kappa shape index (κ1) is 15.8. The summed E-state index contributed by atoms with van der Waals surface area (Å²) in [7, 11) is -3.80. The Bertz CT molecular complexity index is 508. The maximum atomic E-state index is 11.9. The van der Waals surface area contributed by atoms with Crippen LogP contribution in [0.3, 0.4) is 0 Å². The molecule has 1 aromatic rings. The normalized spacial score (nSPS) is 12.9. The van der Waals surface area contributed by atoms with Gasteiger partial charge in [-0.15, -0.1) is 0 Å². The fourth-order valence-corrected chi connectivity index (χ4v) is 2.41. The Hall–Kier alpha value is -1.25. The Kier molecular flexibility index (Phi) is 4.83. The molecule has 0 spiro atoms. The molecule has 0 saturated carbocycles. The second kappa shape index (κ2) is 5.81. The van der Waals surface area contributed by atoms with Crippen LogP contribution in [-0.2, 0) is 10.0 Å². The van der Waals surface area contributed by atoms with Crippen molar-refractivity contribution in [3.63, 3.8) is 0 Å². The van der Waals surface area contributed by atoms with Gasteiger partial charge in [-0.3, -0.25) is 9.82 Å². The molecule has 0 aliphatic heterocycles. The molecule has 9 heteroatoms. The van der Waals surface area contributed by atoms with Gasteiger partial charge in [0.25, 0.3) is 0 Å². The van der Waals surface area contributed by atoms with Gasteiger partial charge >= 0.3 is 6.18 Å². The molecule has 0 fully saturated rings. The summed E-state index contributed by atoms with van der Waals surface area (Å²) in [6.07, 6.45) is -5.93. The minimum atomic E-state index is -4.34. The van der Waals surface area contributed by atoms with E-state index in [2.05, 4.69) is 14.9 Å². The number of nitrogens with zero attached hydrogens (tertiary/aromatic N) is 1. The molecule has 1 rings (SSSR count). The Morgan fingerprint density at radius 3 is 2.53 bits per heavy atom. The number of halogens is 3.